The molecule has 0 saturated carbocycles. The maximum Gasteiger partial charge on any atom is 0.155 e. The first-order valence-corrected chi connectivity index (χ1v) is 5.21. The van der Waals surface area contributed by atoms with E-state index in [1.165, 1.54) is 5.56 Å². The molecule has 78 valence electrons. The smallest absolute Gasteiger partial charge is 0.155 e. The fourth-order valence-electron chi connectivity index (χ4n) is 1.60. The first-order chi connectivity index (χ1) is 7.34. The number of benzene rings is 1. The number of hydrogen-bond acceptors (Lipinski definition) is 2. The van der Waals surface area contributed by atoms with Crippen LogP contribution < -0.4 is 0 Å². The lowest BCUT2D eigenvalue weighted by molar-refractivity contribution is -0.115. The van der Waals surface area contributed by atoms with Gasteiger partial charge in [-0.15, -0.1) is 0 Å². The summed E-state index contributed by atoms with van der Waals surface area (Å²) in [5.41, 5.74) is 1.17. The van der Waals surface area contributed by atoms with Crippen molar-refractivity contribution in [3.05, 3.63) is 48.0 Å². The van der Waals surface area contributed by atoms with Crippen LogP contribution in [0, 0.1) is 0 Å². The number of ether oxygens (including phenoxy) is 1. The van der Waals surface area contributed by atoms with Crippen molar-refractivity contribution in [3.63, 3.8) is 0 Å². The number of allylic oxidation sites excluding steroid dienone is 1. The Kier molecular flexibility index (Phi) is 3.30. The van der Waals surface area contributed by atoms with Crippen LogP contribution in [0.15, 0.2) is 42.5 Å². The topological polar surface area (TPSA) is 26.3 Å². The minimum Gasteiger partial charge on any atom is -0.369 e. The number of ketones is 1. The number of carbonyl (C=O) groups excluding carboxylic acids is 1. The zero-order chi connectivity index (χ0) is 10.5. The van der Waals surface area contributed by atoms with Crippen LogP contribution in [0.1, 0.15) is 18.4 Å². The molecule has 0 bridgehead atoms. The van der Waals surface area contributed by atoms with Crippen molar-refractivity contribution in [3.8, 4) is 0 Å². The van der Waals surface area contributed by atoms with Crippen molar-refractivity contribution < 1.29 is 9.53 Å². The van der Waals surface area contributed by atoms with Gasteiger partial charge in [0.25, 0.3) is 0 Å². The Balaban J connectivity index is 1.84. The molecule has 1 aromatic rings. The molecular formula is C13H14O2. The fraction of sp³-hybridized carbons (Fsp3) is 0.308. The van der Waals surface area contributed by atoms with E-state index < -0.39 is 0 Å². The zero-order valence-corrected chi connectivity index (χ0v) is 8.56. The van der Waals surface area contributed by atoms with Gasteiger partial charge < -0.3 is 4.74 Å². The zero-order valence-electron chi connectivity index (χ0n) is 8.56. The Morgan fingerprint density at radius 1 is 1.27 bits per heavy atom. The third-order valence-electron chi connectivity index (χ3n) is 2.48. The lowest BCUT2D eigenvalue weighted by Gasteiger charge is -2.16. The van der Waals surface area contributed by atoms with E-state index in [1.807, 2.05) is 36.4 Å². The first kappa shape index (κ1) is 10.1. The summed E-state index contributed by atoms with van der Waals surface area (Å²) >= 11 is 0. The van der Waals surface area contributed by atoms with Gasteiger partial charge in [-0.1, -0.05) is 36.4 Å². The second-order valence-electron chi connectivity index (χ2n) is 3.70. The Bertz CT molecular complexity index is 354. The highest BCUT2D eigenvalue weighted by Crippen LogP contribution is 2.13. The lowest BCUT2D eigenvalue weighted by atomic mass is 10.0. The maximum atomic E-state index is 10.9. The van der Waals surface area contributed by atoms with Gasteiger partial charge in [-0.25, -0.2) is 0 Å². The standard InChI is InChI=1S/C13H14O2/c14-12-6-8-13(9-7-12)15-10-11-4-2-1-3-5-11/h1-6,8,13H,7,9-10H2/t13-/m0/s1. The van der Waals surface area contributed by atoms with Crippen molar-refractivity contribution in [2.45, 2.75) is 25.6 Å². The molecule has 1 aromatic carbocycles. The third-order valence-corrected chi connectivity index (χ3v) is 2.48. The molecular weight excluding hydrogens is 188 g/mol. The summed E-state index contributed by atoms with van der Waals surface area (Å²) in [6, 6.07) is 10.1. The second kappa shape index (κ2) is 4.89. The van der Waals surface area contributed by atoms with Crippen LogP contribution in [0.4, 0.5) is 0 Å². The molecule has 15 heavy (non-hydrogen) atoms. The SMILES string of the molecule is O=C1C=C[C@H](OCc2ccccc2)CC1. The largest absolute Gasteiger partial charge is 0.369 e. The van der Waals surface area contributed by atoms with Gasteiger partial charge in [0.15, 0.2) is 5.78 Å². The van der Waals surface area contributed by atoms with Crippen molar-refractivity contribution >= 4 is 5.78 Å². The van der Waals surface area contributed by atoms with Crippen molar-refractivity contribution in [1.29, 1.82) is 0 Å². The van der Waals surface area contributed by atoms with Crippen LogP contribution in [0.5, 0.6) is 0 Å². The monoisotopic (exact) mass is 202 g/mol. The molecule has 0 aliphatic heterocycles. The Labute approximate surface area is 89.6 Å². The molecule has 0 heterocycles. The first-order valence-electron chi connectivity index (χ1n) is 5.21. The Hall–Kier alpha value is -1.41. The van der Waals surface area contributed by atoms with E-state index >= 15 is 0 Å². The van der Waals surface area contributed by atoms with Crippen LogP contribution in [-0.2, 0) is 16.1 Å². The summed E-state index contributed by atoms with van der Waals surface area (Å²) in [7, 11) is 0. The number of carbonyl (C=O) groups is 1. The van der Waals surface area contributed by atoms with Crippen molar-refractivity contribution in [2.75, 3.05) is 0 Å². The average molecular weight is 202 g/mol. The highest BCUT2D eigenvalue weighted by Gasteiger charge is 2.12. The minimum absolute atomic E-state index is 0.0999. The van der Waals surface area contributed by atoms with Gasteiger partial charge in [-0.05, 0) is 18.1 Å². The van der Waals surface area contributed by atoms with Gasteiger partial charge >= 0.3 is 0 Å². The highest BCUT2D eigenvalue weighted by atomic mass is 16.5. The van der Waals surface area contributed by atoms with Crippen LogP contribution in [0.25, 0.3) is 0 Å². The number of hydrogen-bond donors (Lipinski definition) is 0. The Morgan fingerprint density at radius 3 is 2.73 bits per heavy atom. The average Bonchev–Trinajstić information content (AvgIpc) is 2.30. The van der Waals surface area contributed by atoms with Crippen molar-refractivity contribution in [2.24, 2.45) is 0 Å². The predicted molar refractivity (Wildman–Crippen MR) is 58.4 cm³/mol. The van der Waals surface area contributed by atoms with Gasteiger partial charge in [0.2, 0.25) is 0 Å². The van der Waals surface area contributed by atoms with E-state index in [9.17, 15) is 4.79 Å². The van der Waals surface area contributed by atoms with Crippen molar-refractivity contribution in [1.82, 2.24) is 0 Å². The fourth-order valence-corrected chi connectivity index (χ4v) is 1.60. The summed E-state index contributed by atoms with van der Waals surface area (Å²) in [5.74, 6) is 0.203. The quantitative estimate of drug-likeness (QED) is 0.752. The molecule has 0 amide bonds. The molecule has 0 aromatic heterocycles. The van der Waals surface area contributed by atoms with Gasteiger partial charge in [-0.3, -0.25) is 4.79 Å². The molecule has 0 fully saturated rings. The molecule has 1 aliphatic carbocycles. The summed E-state index contributed by atoms with van der Waals surface area (Å²) in [4.78, 5) is 10.9. The molecule has 0 saturated heterocycles. The van der Waals surface area contributed by atoms with Crippen LogP contribution in [-0.4, -0.2) is 11.9 Å². The van der Waals surface area contributed by atoms with E-state index in [0.717, 1.165) is 6.42 Å². The minimum atomic E-state index is 0.0999. The molecule has 0 radical (unpaired) electrons. The summed E-state index contributed by atoms with van der Waals surface area (Å²) in [5, 5.41) is 0. The van der Waals surface area contributed by atoms with Crippen LogP contribution in [0.2, 0.25) is 0 Å². The maximum absolute atomic E-state index is 10.9. The van der Waals surface area contributed by atoms with E-state index in [0.29, 0.717) is 13.0 Å². The molecule has 2 heteroatoms. The molecule has 0 unspecified atom stereocenters. The van der Waals surface area contributed by atoms with Gasteiger partial charge in [-0.2, -0.15) is 0 Å². The van der Waals surface area contributed by atoms with E-state index in [4.69, 9.17) is 4.74 Å². The van der Waals surface area contributed by atoms with Gasteiger partial charge in [0.05, 0.1) is 12.7 Å². The van der Waals surface area contributed by atoms with Crippen LogP contribution >= 0.6 is 0 Å². The summed E-state index contributed by atoms with van der Waals surface area (Å²) < 4.78 is 5.68. The predicted octanol–water partition coefficient (Wildman–Crippen LogP) is 2.49. The van der Waals surface area contributed by atoms with E-state index in [1.54, 1.807) is 6.08 Å². The molecule has 1 aliphatic rings. The Morgan fingerprint density at radius 2 is 2.07 bits per heavy atom. The van der Waals surface area contributed by atoms with Gasteiger partial charge in [0.1, 0.15) is 0 Å². The van der Waals surface area contributed by atoms with E-state index in [2.05, 4.69) is 0 Å². The highest BCUT2D eigenvalue weighted by molar-refractivity contribution is 5.90. The lowest BCUT2D eigenvalue weighted by Crippen LogP contribution is -2.16. The third kappa shape index (κ3) is 3.03. The molecule has 0 N–H and O–H groups in total. The summed E-state index contributed by atoms with van der Waals surface area (Å²) in [6.07, 6.45) is 4.99. The molecule has 2 rings (SSSR count). The summed E-state index contributed by atoms with van der Waals surface area (Å²) in [6.45, 7) is 0.615. The van der Waals surface area contributed by atoms with Crippen LogP contribution in [0.3, 0.4) is 0 Å². The van der Waals surface area contributed by atoms with E-state index in [-0.39, 0.29) is 11.9 Å². The molecule has 1 atom stereocenters. The number of rotatable bonds is 3. The molecule has 2 nitrogen and oxygen atoms in total. The normalized spacial score (nSPS) is 20.5. The second-order valence-corrected chi connectivity index (χ2v) is 3.70. The van der Waals surface area contributed by atoms with Gasteiger partial charge in [0, 0.05) is 6.42 Å². The molecule has 0 spiro atoms.